The van der Waals surface area contributed by atoms with Crippen molar-refractivity contribution in [1.29, 1.82) is 0 Å². The van der Waals surface area contributed by atoms with Crippen LogP contribution in [0.15, 0.2) is 83.4 Å². The van der Waals surface area contributed by atoms with Gasteiger partial charge in [-0.15, -0.1) is 0 Å². The molecule has 1 aliphatic rings. The van der Waals surface area contributed by atoms with E-state index in [9.17, 15) is 9.90 Å². The molecule has 176 valence electrons. The molecule has 0 unspecified atom stereocenters. The van der Waals surface area contributed by atoms with E-state index in [2.05, 4.69) is 10.3 Å². The fourth-order valence-corrected chi connectivity index (χ4v) is 4.73. The van der Waals surface area contributed by atoms with E-state index in [1.807, 2.05) is 53.4 Å². The molecule has 2 aromatic carbocycles. The SMILES string of the molecule is COc1ccc(N2C(=S)N[C@@H](c3ccccn3)[C@@H]2c2ccc(-c3cc(C(=O)O)ccc3Cl)o2)cc1. The van der Waals surface area contributed by atoms with Crippen molar-refractivity contribution in [2.24, 2.45) is 0 Å². The number of carboxylic acid groups (broad SMARTS) is 1. The third kappa shape index (κ3) is 4.34. The Kier molecular flexibility index (Phi) is 6.15. The Hall–Kier alpha value is -3.88. The largest absolute Gasteiger partial charge is 0.497 e. The molecule has 9 heteroatoms. The smallest absolute Gasteiger partial charge is 0.335 e. The molecule has 2 aromatic heterocycles. The summed E-state index contributed by atoms with van der Waals surface area (Å²) in [6.45, 7) is 0. The number of nitrogens with one attached hydrogen (secondary N) is 1. The summed E-state index contributed by atoms with van der Waals surface area (Å²) >= 11 is 12.1. The molecule has 5 rings (SSSR count). The first kappa shape index (κ1) is 22.9. The number of thiocarbonyl (C=S) groups is 1. The normalized spacial score (nSPS) is 17.3. The van der Waals surface area contributed by atoms with E-state index in [-0.39, 0.29) is 17.6 Å². The molecule has 0 spiro atoms. The topological polar surface area (TPSA) is 87.8 Å². The molecule has 0 amide bonds. The van der Waals surface area contributed by atoms with Crippen molar-refractivity contribution in [3.8, 4) is 17.1 Å². The number of benzene rings is 2. The molecule has 35 heavy (non-hydrogen) atoms. The number of furan rings is 1. The predicted octanol–water partition coefficient (Wildman–Crippen LogP) is 5.88. The van der Waals surface area contributed by atoms with Gasteiger partial charge in [-0.3, -0.25) is 4.98 Å². The molecule has 7 nitrogen and oxygen atoms in total. The molecular weight excluding hydrogens is 486 g/mol. The summed E-state index contributed by atoms with van der Waals surface area (Å²) in [7, 11) is 1.62. The lowest BCUT2D eigenvalue weighted by Crippen LogP contribution is -2.29. The van der Waals surface area contributed by atoms with E-state index in [0.717, 1.165) is 17.1 Å². The van der Waals surface area contributed by atoms with Crippen LogP contribution in [0.5, 0.6) is 5.75 Å². The van der Waals surface area contributed by atoms with Gasteiger partial charge in [-0.05, 0) is 78.9 Å². The first-order chi connectivity index (χ1) is 17.0. The summed E-state index contributed by atoms with van der Waals surface area (Å²) in [6.07, 6.45) is 1.73. The lowest BCUT2D eigenvalue weighted by Gasteiger charge is -2.26. The average Bonchev–Trinajstić information content (AvgIpc) is 3.49. The third-order valence-corrected chi connectivity index (χ3v) is 6.49. The summed E-state index contributed by atoms with van der Waals surface area (Å²) in [4.78, 5) is 18.0. The Morgan fingerprint density at radius 3 is 2.63 bits per heavy atom. The number of carbonyl (C=O) groups is 1. The van der Waals surface area contributed by atoms with Crippen LogP contribution in [0.3, 0.4) is 0 Å². The van der Waals surface area contributed by atoms with Crippen molar-refractivity contribution in [1.82, 2.24) is 10.3 Å². The van der Waals surface area contributed by atoms with Crippen molar-refractivity contribution in [2.75, 3.05) is 12.0 Å². The number of carboxylic acids is 1. The zero-order chi connectivity index (χ0) is 24.5. The minimum absolute atomic E-state index is 0.122. The Labute approximate surface area is 211 Å². The van der Waals surface area contributed by atoms with Crippen LogP contribution in [0.25, 0.3) is 11.3 Å². The zero-order valence-electron chi connectivity index (χ0n) is 18.5. The maximum Gasteiger partial charge on any atom is 0.335 e. The average molecular weight is 506 g/mol. The van der Waals surface area contributed by atoms with Crippen LogP contribution in [0.4, 0.5) is 5.69 Å². The van der Waals surface area contributed by atoms with E-state index in [1.165, 1.54) is 12.1 Å². The van der Waals surface area contributed by atoms with Gasteiger partial charge in [0.1, 0.15) is 23.3 Å². The van der Waals surface area contributed by atoms with Gasteiger partial charge >= 0.3 is 5.97 Å². The van der Waals surface area contributed by atoms with Crippen LogP contribution < -0.4 is 15.0 Å². The number of aromatic nitrogens is 1. The molecule has 0 radical (unpaired) electrons. The summed E-state index contributed by atoms with van der Waals surface area (Å²) in [5.74, 6) is 0.773. The predicted molar refractivity (Wildman–Crippen MR) is 137 cm³/mol. The second-order valence-electron chi connectivity index (χ2n) is 7.90. The van der Waals surface area contributed by atoms with Crippen LogP contribution in [0.2, 0.25) is 5.02 Å². The van der Waals surface area contributed by atoms with E-state index in [1.54, 1.807) is 25.4 Å². The number of aromatic carboxylic acids is 1. The quantitative estimate of drug-likeness (QED) is 0.314. The lowest BCUT2D eigenvalue weighted by molar-refractivity contribution is 0.0697. The van der Waals surface area contributed by atoms with E-state index in [4.69, 9.17) is 33.0 Å². The molecule has 1 aliphatic heterocycles. The number of nitrogens with zero attached hydrogens (tertiary/aromatic N) is 2. The van der Waals surface area contributed by atoms with Gasteiger partial charge in [0.05, 0.1) is 29.4 Å². The van der Waals surface area contributed by atoms with E-state index < -0.39 is 5.97 Å². The molecule has 2 atom stereocenters. The molecule has 0 saturated carbocycles. The highest BCUT2D eigenvalue weighted by Gasteiger charge is 2.42. The van der Waals surface area contributed by atoms with Gasteiger partial charge in [-0.25, -0.2) is 4.79 Å². The lowest BCUT2D eigenvalue weighted by atomic mass is 10.0. The maximum absolute atomic E-state index is 11.5. The van der Waals surface area contributed by atoms with Gasteiger partial charge in [0.2, 0.25) is 0 Å². The monoisotopic (exact) mass is 505 g/mol. The first-order valence-electron chi connectivity index (χ1n) is 10.7. The molecule has 1 saturated heterocycles. The Morgan fingerprint density at radius 2 is 1.94 bits per heavy atom. The Bertz CT molecular complexity index is 1390. The number of anilines is 1. The van der Waals surface area contributed by atoms with Crippen LogP contribution >= 0.6 is 23.8 Å². The van der Waals surface area contributed by atoms with E-state index >= 15 is 0 Å². The van der Waals surface area contributed by atoms with Crippen LogP contribution in [-0.4, -0.2) is 28.3 Å². The molecule has 4 aromatic rings. The van der Waals surface area contributed by atoms with Gasteiger partial charge in [-0.1, -0.05) is 17.7 Å². The highest BCUT2D eigenvalue weighted by molar-refractivity contribution is 7.80. The second kappa shape index (κ2) is 9.40. The molecule has 0 bridgehead atoms. The first-order valence-corrected chi connectivity index (χ1v) is 11.5. The maximum atomic E-state index is 11.5. The van der Waals surface area contributed by atoms with Crippen LogP contribution in [0, 0.1) is 0 Å². The summed E-state index contributed by atoms with van der Waals surface area (Å²) in [6, 6.07) is 20.8. The summed E-state index contributed by atoms with van der Waals surface area (Å²) in [5, 5.41) is 13.7. The van der Waals surface area contributed by atoms with Gasteiger partial charge in [0, 0.05) is 17.4 Å². The fourth-order valence-electron chi connectivity index (χ4n) is 4.17. The van der Waals surface area contributed by atoms with Crippen molar-refractivity contribution >= 4 is 40.6 Å². The van der Waals surface area contributed by atoms with Crippen LogP contribution in [-0.2, 0) is 0 Å². The molecule has 1 fully saturated rings. The number of ether oxygens (including phenoxy) is 1. The summed E-state index contributed by atoms with van der Waals surface area (Å²) < 4.78 is 11.6. The number of rotatable bonds is 6. The fraction of sp³-hybridized carbons (Fsp3) is 0.115. The number of hydrogen-bond donors (Lipinski definition) is 2. The third-order valence-electron chi connectivity index (χ3n) is 5.85. The Balaban J connectivity index is 1.60. The summed E-state index contributed by atoms with van der Waals surface area (Å²) in [5.41, 5.74) is 2.28. The molecule has 3 heterocycles. The van der Waals surface area contributed by atoms with Gasteiger partial charge in [0.15, 0.2) is 5.11 Å². The highest BCUT2D eigenvalue weighted by Crippen LogP contribution is 2.43. The number of pyridine rings is 1. The standard InChI is InChI=1S/C26H20ClN3O4S/c1-33-17-8-6-16(7-9-17)30-24(23(29-26(30)35)20-4-2-3-13-28-20)22-12-11-21(34-22)18-14-15(25(31)32)5-10-19(18)27/h2-14,23-24H,1H3,(H,29,35)(H,31,32)/t23-,24-/m0/s1. The minimum Gasteiger partial charge on any atom is -0.497 e. The van der Waals surface area contributed by atoms with E-state index in [0.29, 0.717) is 27.2 Å². The van der Waals surface area contributed by atoms with Crippen molar-refractivity contribution in [3.05, 3.63) is 101 Å². The second-order valence-corrected chi connectivity index (χ2v) is 8.69. The number of halogens is 1. The highest BCUT2D eigenvalue weighted by atomic mass is 35.5. The Morgan fingerprint density at radius 1 is 1.14 bits per heavy atom. The molecular formula is C26H20ClN3O4S. The van der Waals surface area contributed by atoms with Crippen molar-refractivity contribution < 1.29 is 19.1 Å². The molecule has 2 N–H and O–H groups in total. The zero-order valence-corrected chi connectivity index (χ0v) is 20.1. The van der Waals surface area contributed by atoms with Gasteiger partial charge < -0.3 is 24.5 Å². The number of methoxy groups -OCH3 is 1. The number of hydrogen-bond acceptors (Lipinski definition) is 5. The van der Waals surface area contributed by atoms with Gasteiger partial charge in [0.25, 0.3) is 0 Å². The minimum atomic E-state index is -1.04. The van der Waals surface area contributed by atoms with Gasteiger partial charge in [-0.2, -0.15) is 0 Å². The molecule has 0 aliphatic carbocycles. The van der Waals surface area contributed by atoms with Crippen LogP contribution in [0.1, 0.15) is 33.9 Å². The van der Waals surface area contributed by atoms with Crippen molar-refractivity contribution in [3.63, 3.8) is 0 Å². The van der Waals surface area contributed by atoms with Crippen molar-refractivity contribution in [2.45, 2.75) is 12.1 Å².